The van der Waals surface area contributed by atoms with Crippen LogP contribution in [0.4, 0.5) is 0 Å². The predicted molar refractivity (Wildman–Crippen MR) is 104 cm³/mol. The number of para-hydroxylation sites is 1. The number of rotatable bonds is 6. The maximum absolute atomic E-state index is 12.8. The third kappa shape index (κ3) is 3.55. The monoisotopic (exact) mass is 382 g/mol. The smallest absolute Gasteiger partial charge is 0.355 e. The van der Waals surface area contributed by atoms with Crippen LogP contribution in [-0.4, -0.2) is 40.4 Å². The van der Waals surface area contributed by atoms with Crippen LogP contribution in [0, 0.1) is 13.8 Å². The summed E-state index contributed by atoms with van der Waals surface area (Å²) < 4.78 is 10.4. The number of hydrogen-bond donors (Lipinski definition) is 2. The van der Waals surface area contributed by atoms with Gasteiger partial charge in [-0.2, -0.15) is 0 Å². The third-order valence-electron chi connectivity index (χ3n) is 4.57. The number of carbonyl (C=O) groups is 3. The van der Waals surface area contributed by atoms with Crippen molar-refractivity contribution < 1.29 is 23.9 Å². The van der Waals surface area contributed by atoms with Gasteiger partial charge in [0.15, 0.2) is 6.10 Å². The van der Waals surface area contributed by atoms with E-state index in [0.29, 0.717) is 16.8 Å². The zero-order valence-electron chi connectivity index (χ0n) is 16.2. The van der Waals surface area contributed by atoms with Gasteiger partial charge in [0, 0.05) is 16.6 Å². The van der Waals surface area contributed by atoms with E-state index in [9.17, 15) is 14.4 Å². The second kappa shape index (κ2) is 7.72. The molecule has 0 spiro atoms. The number of ketones is 1. The fourth-order valence-corrected chi connectivity index (χ4v) is 3.17. The lowest BCUT2D eigenvalue weighted by molar-refractivity contribution is 0.0312. The van der Waals surface area contributed by atoms with E-state index in [4.69, 9.17) is 9.47 Å². The Kier molecular flexibility index (Phi) is 5.35. The van der Waals surface area contributed by atoms with Crippen molar-refractivity contribution in [1.29, 1.82) is 0 Å². The number of hydrogen-bond acceptors (Lipinski definition) is 5. The molecule has 0 bridgehead atoms. The molecular formula is C21H22N2O5. The molecule has 1 aromatic carbocycles. The zero-order chi connectivity index (χ0) is 20.4. The van der Waals surface area contributed by atoms with Gasteiger partial charge in [0.2, 0.25) is 5.78 Å². The molecular weight excluding hydrogens is 360 g/mol. The highest BCUT2D eigenvalue weighted by atomic mass is 16.5. The minimum atomic E-state index is -1.02. The second-order valence-corrected chi connectivity index (χ2v) is 6.53. The number of aromatic nitrogens is 2. The molecule has 2 heterocycles. The molecule has 0 amide bonds. The van der Waals surface area contributed by atoms with Crippen LogP contribution in [0.1, 0.15) is 56.4 Å². The van der Waals surface area contributed by atoms with E-state index in [2.05, 4.69) is 9.97 Å². The van der Waals surface area contributed by atoms with Gasteiger partial charge in [-0.3, -0.25) is 4.79 Å². The van der Waals surface area contributed by atoms with Crippen LogP contribution < -0.4 is 0 Å². The van der Waals surface area contributed by atoms with Crippen LogP contribution in [0.2, 0.25) is 0 Å². The van der Waals surface area contributed by atoms with E-state index in [1.54, 1.807) is 26.8 Å². The van der Waals surface area contributed by atoms with E-state index < -0.39 is 23.8 Å². The van der Waals surface area contributed by atoms with Gasteiger partial charge in [0.1, 0.15) is 5.69 Å². The SMILES string of the molecule is CCOC(=O)c1c(C)[nH]c(C(=O)[C@@H](C)OC(=O)c2cc3ccccc3[nH]2)c1C. The van der Waals surface area contributed by atoms with Crippen LogP contribution >= 0.6 is 0 Å². The Hall–Kier alpha value is -3.35. The average Bonchev–Trinajstić information content (AvgIpc) is 3.22. The Morgan fingerprint density at radius 2 is 1.79 bits per heavy atom. The number of nitrogens with one attached hydrogen (secondary N) is 2. The molecule has 0 saturated carbocycles. The summed E-state index contributed by atoms with van der Waals surface area (Å²) >= 11 is 0. The molecule has 2 aromatic heterocycles. The Morgan fingerprint density at radius 1 is 1.07 bits per heavy atom. The number of benzene rings is 1. The van der Waals surface area contributed by atoms with Gasteiger partial charge in [-0.1, -0.05) is 18.2 Å². The van der Waals surface area contributed by atoms with Crippen LogP contribution in [0.3, 0.4) is 0 Å². The standard InChI is InChI=1S/C21H22N2O5/c1-5-27-21(26)17-11(2)18(22-12(17)3)19(24)13(4)28-20(25)16-10-14-8-6-7-9-15(14)23-16/h6-10,13,22-23H,5H2,1-4H3/t13-/m1/s1. The predicted octanol–water partition coefficient (Wildman–Crippen LogP) is 3.72. The molecule has 0 unspecified atom stereocenters. The highest BCUT2D eigenvalue weighted by Gasteiger charge is 2.28. The molecule has 0 aliphatic carbocycles. The van der Waals surface area contributed by atoms with Crippen LogP contribution in [0.5, 0.6) is 0 Å². The first-order valence-electron chi connectivity index (χ1n) is 9.02. The first-order valence-corrected chi connectivity index (χ1v) is 9.02. The van der Waals surface area contributed by atoms with E-state index in [1.807, 2.05) is 24.3 Å². The highest BCUT2D eigenvalue weighted by Crippen LogP contribution is 2.22. The minimum Gasteiger partial charge on any atom is -0.462 e. The maximum atomic E-state index is 12.8. The lowest BCUT2D eigenvalue weighted by Crippen LogP contribution is -2.25. The molecule has 0 aliphatic rings. The molecule has 2 N–H and O–H groups in total. The summed E-state index contributed by atoms with van der Waals surface area (Å²) in [6, 6.07) is 9.13. The number of carbonyl (C=O) groups excluding carboxylic acids is 3. The number of fused-ring (bicyclic) bond motifs is 1. The molecule has 0 aliphatic heterocycles. The quantitative estimate of drug-likeness (QED) is 0.500. The van der Waals surface area contributed by atoms with Gasteiger partial charge >= 0.3 is 11.9 Å². The van der Waals surface area contributed by atoms with Gasteiger partial charge in [0.05, 0.1) is 17.9 Å². The lowest BCUT2D eigenvalue weighted by atomic mass is 10.1. The fourth-order valence-electron chi connectivity index (χ4n) is 3.17. The number of aromatic amines is 2. The molecule has 0 fully saturated rings. The molecule has 3 aromatic rings. The maximum Gasteiger partial charge on any atom is 0.355 e. The van der Waals surface area contributed by atoms with Crippen molar-refractivity contribution in [2.24, 2.45) is 0 Å². The number of esters is 2. The topological polar surface area (TPSA) is 101 Å². The van der Waals surface area contributed by atoms with Crippen molar-refractivity contribution in [3.63, 3.8) is 0 Å². The van der Waals surface area contributed by atoms with E-state index >= 15 is 0 Å². The van der Waals surface area contributed by atoms with Gasteiger partial charge in [-0.05, 0) is 45.4 Å². The molecule has 1 atom stereocenters. The fraction of sp³-hybridized carbons (Fsp3) is 0.286. The first-order chi connectivity index (χ1) is 13.3. The van der Waals surface area contributed by atoms with Crippen LogP contribution in [0.15, 0.2) is 30.3 Å². The van der Waals surface area contributed by atoms with Crippen molar-refractivity contribution >= 4 is 28.6 Å². The van der Waals surface area contributed by atoms with E-state index in [-0.39, 0.29) is 18.0 Å². The largest absolute Gasteiger partial charge is 0.462 e. The number of ether oxygens (including phenoxy) is 2. The normalized spacial score (nSPS) is 12.0. The molecule has 0 radical (unpaired) electrons. The number of Topliss-reactive ketones (excluding diaryl/α,β-unsaturated/α-hetero) is 1. The van der Waals surface area contributed by atoms with Crippen LogP contribution in [-0.2, 0) is 9.47 Å². The van der Waals surface area contributed by atoms with Gasteiger partial charge in [0.25, 0.3) is 0 Å². The minimum absolute atomic E-state index is 0.234. The average molecular weight is 382 g/mol. The van der Waals surface area contributed by atoms with Crippen molar-refractivity contribution in [2.75, 3.05) is 6.61 Å². The zero-order valence-corrected chi connectivity index (χ0v) is 16.2. The van der Waals surface area contributed by atoms with Gasteiger partial charge in [-0.15, -0.1) is 0 Å². The third-order valence-corrected chi connectivity index (χ3v) is 4.57. The second-order valence-electron chi connectivity index (χ2n) is 6.53. The molecule has 28 heavy (non-hydrogen) atoms. The van der Waals surface area contributed by atoms with Crippen molar-refractivity contribution in [2.45, 2.75) is 33.8 Å². The summed E-state index contributed by atoms with van der Waals surface area (Å²) in [6.07, 6.45) is -1.02. The Labute approximate surface area is 162 Å². The summed E-state index contributed by atoms with van der Waals surface area (Å²) in [4.78, 5) is 43.2. The lowest BCUT2D eigenvalue weighted by Gasteiger charge is -2.11. The first kappa shape index (κ1) is 19.4. The summed E-state index contributed by atoms with van der Waals surface area (Å²) in [5.41, 5.74) is 2.66. The molecule has 0 saturated heterocycles. The Balaban J connectivity index is 1.78. The molecule has 7 heteroatoms. The van der Waals surface area contributed by atoms with Crippen LogP contribution in [0.25, 0.3) is 10.9 Å². The summed E-state index contributed by atoms with van der Waals surface area (Å²) in [5, 5.41) is 0.878. The molecule has 146 valence electrons. The Morgan fingerprint density at radius 3 is 2.46 bits per heavy atom. The van der Waals surface area contributed by atoms with Crippen molar-refractivity contribution in [3.05, 3.63) is 58.5 Å². The highest BCUT2D eigenvalue weighted by molar-refractivity contribution is 6.04. The van der Waals surface area contributed by atoms with Gasteiger partial charge in [-0.25, -0.2) is 9.59 Å². The van der Waals surface area contributed by atoms with E-state index in [0.717, 1.165) is 10.9 Å². The number of aryl methyl sites for hydroxylation is 1. The van der Waals surface area contributed by atoms with Crippen molar-refractivity contribution in [1.82, 2.24) is 9.97 Å². The summed E-state index contributed by atoms with van der Waals surface area (Å²) in [5.74, 6) is -1.53. The molecule has 3 rings (SSSR count). The number of H-pyrrole nitrogens is 2. The van der Waals surface area contributed by atoms with Gasteiger partial charge < -0.3 is 19.4 Å². The summed E-state index contributed by atoms with van der Waals surface area (Å²) in [7, 11) is 0. The summed E-state index contributed by atoms with van der Waals surface area (Å²) in [6.45, 7) is 6.81. The Bertz CT molecular complexity index is 1030. The van der Waals surface area contributed by atoms with E-state index in [1.165, 1.54) is 6.92 Å². The van der Waals surface area contributed by atoms with Crippen molar-refractivity contribution in [3.8, 4) is 0 Å². The molecule has 7 nitrogen and oxygen atoms in total.